The predicted molar refractivity (Wildman–Crippen MR) is 289 cm³/mol. The summed E-state index contributed by atoms with van der Waals surface area (Å²) < 4.78 is -1.37. The Morgan fingerprint density at radius 3 is 1.86 bits per heavy atom. The molecule has 1 aliphatic heterocycles. The molecule has 24 heteroatoms. The molecule has 1 aliphatic rings. The van der Waals surface area contributed by atoms with Gasteiger partial charge in [-0.25, -0.2) is 4.79 Å². The van der Waals surface area contributed by atoms with E-state index in [-0.39, 0.29) is 43.7 Å². The molecule has 4 aromatic rings. The molecule has 0 saturated heterocycles. The van der Waals surface area contributed by atoms with E-state index < -0.39 is 113 Å². The van der Waals surface area contributed by atoms with Gasteiger partial charge in [-0.2, -0.15) is 25.3 Å². The summed E-state index contributed by atoms with van der Waals surface area (Å²) in [6.45, 7) is 5.90. The van der Waals surface area contributed by atoms with E-state index in [1.54, 1.807) is 24.4 Å². The van der Waals surface area contributed by atoms with Gasteiger partial charge in [-0.3, -0.25) is 33.6 Å². The van der Waals surface area contributed by atoms with Gasteiger partial charge in [0.2, 0.25) is 41.4 Å². The summed E-state index contributed by atoms with van der Waals surface area (Å²) in [4.78, 5) is 114. The highest BCUT2D eigenvalue weighted by molar-refractivity contribution is 7.81. The van der Waals surface area contributed by atoms with E-state index in [1.807, 2.05) is 42.5 Å². The quantitative estimate of drug-likeness (QED) is 0.0262. The van der Waals surface area contributed by atoms with Gasteiger partial charge in [0.1, 0.15) is 42.0 Å². The number of benzene rings is 3. The van der Waals surface area contributed by atoms with Crippen LogP contribution in [0.2, 0.25) is 0 Å². The molecular weight excluding hydrogens is 1020 g/mol. The van der Waals surface area contributed by atoms with Crippen molar-refractivity contribution in [3.8, 4) is 5.75 Å². The molecule has 0 unspecified atom stereocenters. The largest absolute Gasteiger partial charge is 0.508 e. The van der Waals surface area contributed by atoms with Crippen molar-refractivity contribution in [1.82, 2.24) is 47.5 Å². The van der Waals surface area contributed by atoms with Gasteiger partial charge in [-0.1, -0.05) is 54.6 Å². The van der Waals surface area contributed by atoms with E-state index in [0.717, 1.165) is 29.0 Å². The van der Waals surface area contributed by atoms with Gasteiger partial charge in [0.15, 0.2) is 6.04 Å². The Labute approximate surface area is 451 Å². The number of nitrogens with two attached hydrogens (primary N) is 1. The second-order valence-electron chi connectivity index (χ2n) is 19.4. The fourth-order valence-corrected chi connectivity index (χ4v) is 9.01. The number of nitrogens with one attached hydrogen (secondary N) is 9. The Bertz CT molecular complexity index is 2680. The van der Waals surface area contributed by atoms with Gasteiger partial charge in [0.25, 0.3) is 0 Å². The summed E-state index contributed by atoms with van der Waals surface area (Å²) in [5.74, 6) is -7.71. The minimum absolute atomic E-state index is 0.0411. The van der Waals surface area contributed by atoms with E-state index in [1.165, 1.54) is 32.9 Å². The zero-order valence-electron chi connectivity index (χ0n) is 42.7. The van der Waals surface area contributed by atoms with Crippen molar-refractivity contribution in [3.05, 3.63) is 101 Å². The number of carbonyl (C=O) groups excluding carboxylic acids is 7. The average molecular weight is 1090 g/mol. The predicted octanol–water partition coefficient (Wildman–Crippen LogP) is -0.620. The monoisotopic (exact) mass is 1090 g/mol. The number of phenols is 1. The van der Waals surface area contributed by atoms with Crippen LogP contribution < -0.4 is 48.3 Å². The molecular formula is C52H70N10O12S2. The van der Waals surface area contributed by atoms with Crippen LogP contribution in [-0.4, -0.2) is 150 Å². The van der Waals surface area contributed by atoms with Crippen molar-refractivity contribution in [3.63, 3.8) is 0 Å². The molecule has 15 N–H and O–H groups in total. The molecule has 76 heavy (non-hydrogen) atoms. The summed E-state index contributed by atoms with van der Waals surface area (Å²) in [7, 11) is 0. The van der Waals surface area contributed by atoms with Gasteiger partial charge in [0.05, 0.1) is 18.2 Å². The lowest BCUT2D eigenvalue weighted by atomic mass is 9.95. The highest BCUT2D eigenvalue weighted by Crippen LogP contribution is 2.22. The number of aromatic nitrogens is 1. The minimum atomic E-state index is -1.76. The number of aliphatic hydroxyl groups excluding tert-OH is 2. The van der Waals surface area contributed by atoms with Crippen molar-refractivity contribution < 1.29 is 58.8 Å². The van der Waals surface area contributed by atoms with Gasteiger partial charge >= 0.3 is 5.97 Å². The lowest BCUT2D eigenvalue weighted by molar-refractivity contribution is -0.145. The van der Waals surface area contributed by atoms with Crippen molar-refractivity contribution in [1.29, 1.82) is 0 Å². The number of amides is 7. The number of phenolic OH excluding ortho intramolecular Hbond substituents is 1. The SMILES string of the molecule is C[C@@H](O)[C@H](NC(=O)[C@@H](NC(=O)[C@@H](NC(=O)[C@H](CCCCN)NC(=O)[C@H](Cc1c[nH]c2ccccc12)NC(=O)[C@H](Cc1ccc(O)cc1)NC(=O)[C@H](CS)NC(=O)[C@@H]1Cc2ccccc2CN1)[C@@H](C)O)C(C)(C)S)C(=O)O. The summed E-state index contributed by atoms with van der Waals surface area (Å²) >= 11 is 8.79. The molecule has 2 heterocycles. The third-order valence-corrected chi connectivity index (χ3v) is 13.5. The van der Waals surface area contributed by atoms with E-state index in [0.29, 0.717) is 30.5 Å². The maximum absolute atomic E-state index is 14.7. The van der Waals surface area contributed by atoms with E-state index in [4.69, 9.17) is 5.73 Å². The maximum Gasteiger partial charge on any atom is 0.328 e. The Balaban J connectivity index is 1.41. The first-order valence-electron chi connectivity index (χ1n) is 24.9. The number of rotatable bonds is 27. The normalized spacial score (nSPS) is 16.9. The first-order chi connectivity index (χ1) is 36.0. The number of carboxylic acid groups (broad SMARTS) is 1. The first-order valence-corrected chi connectivity index (χ1v) is 26.0. The molecule has 0 aliphatic carbocycles. The van der Waals surface area contributed by atoms with Crippen LogP contribution in [0.15, 0.2) is 79.0 Å². The number of aromatic hydroxyl groups is 1. The van der Waals surface area contributed by atoms with Crippen molar-refractivity contribution in [2.45, 2.75) is 138 Å². The number of H-pyrrole nitrogens is 1. The van der Waals surface area contributed by atoms with Crippen LogP contribution in [0.4, 0.5) is 0 Å². The molecule has 7 amide bonds. The maximum atomic E-state index is 14.7. The number of aliphatic carboxylic acids is 1. The molecule has 0 bridgehead atoms. The Hall–Kier alpha value is -6.70. The van der Waals surface area contributed by atoms with Crippen molar-refractivity contribution in [2.24, 2.45) is 5.73 Å². The highest BCUT2D eigenvalue weighted by Gasteiger charge is 2.40. The number of thiol groups is 2. The number of aromatic amines is 1. The first kappa shape index (κ1) is 60.2. The van der Waals surface area contributed by atoms with Crippen LogP contribution in [0, 0.1) is 0 Å². The smallest absolute Gasteiger partial charge is 0.328 e. The minimum Gasteiger partial charge on any atom is -0.508 e. The standard InChI is InChI=1S/C52H70N10O12S2/c1-27(63)41(49(71)62-43(52(3,4)76)50(72)61-42(28(2)64)51(73)74)60-44(66)36(15-9-10-20-53)56-47(69)39(23-32-25-54-35-14-8-7-13-34(32)35)58-46(68)38(21-29-16-18-33(65)19-17-29)57-48(70)40(26-75)59-45(67)37-22-30-11-5-6-12-31(30)24-55-37/h5-8,11-14,16-19,25,27-28,36-43,54-55,63-65,75-76H,9-10,15,20-24,26,53H2,1-4H3,(H,56,69)(H,57,70)(H,58,68)(H,59,67)(H,60,66)(H,61,72)(H,62,71)(H,73,74)/t27-,28-,36+,37+,38+,39+,40+,41+,42+,43-/m1/s1. The van der Waals surface area contributed by atoms with E-state index in [2.05, 4.69) is 72.8 Å². The molecule has 3 aromatic carbocycles. The molecule has 0 saturated carbocycles. The molecule has 0 radical (unpaired) electrons. The van der Waals surface area contributed by atoms with Gasteiger partial charge in [-0.05, 0) is 100 Å². The van der Waals surface area contributed by atoms with Crippen LogP contribution in [-0.2, 0) is 64.2 Å². The Morgan fingerprint density at radius 1 is 0.684 bits per heavy atom. The van der Waals surface area contributed by atoms with Crippen LogP contribution in [0.1, 0.15) is 69.2 Å². The molecule has 0 fully saturated rings. The molecule has 0 spiro atoms. The second-order valence-corrected chi connectivity index (χ2v) is 21.0. The van der Waals surface area contributed by atoms with Gasteiger partial charge in [-0.15, -0.1) is 0 Å². The number of hydrogen-bond donors (Lipinski definition) is 16. The number of unbranched alkanes of at least 4 members (excludes halogenated alkanes) is 1. The zero-order chi connectivity index (χ0) is 55.9. The second kappa shape index (κ2) is 27.9. The summed E-state index contributed by atoms with van der Waals surface area (Å²) in [6.07, 6.45) is -0.732. The molecule has 5 rings (SSSR count). The molecule has 22 nitrogen and oxygen atoms in total. The molecule has 412 valence electrons. The number of hydrogen-bond acceptors (Lipinski definition) is 15. The lowest BCUT2D eigenvalue weighted by Gasteiger charge is -2.33. The number of carboxylic acids is 1. The topological polar surface area (TPSA) is 356 Å². The molecule has 1 aromatic heterocycles. The van der Waals surface area contributed by atoms with Gasteiger partial charge in [0, 0.05) is 47.0 Å². The molecule has 10 atom stereocenters. The Kier molecular flexibility index (Phi) is 22.1. The van der Waals surface area contributed by atoms with Crippen LogP contribution in [0.25, 0.3) is 10.9 Å². The number of carbonyl (C=O) groups is 8. The van der Waals surface area contributed by atoms with Crippen LogP contribution in [0.5, 0.6) is 5.75 Å². The van der Waals surface area contributed by atoms with Gasteiger partial charge < -0.3 is 73.7 Å². The average Bonchev–Trinajstić information content (AvgIpc) is 3.79. The summed E-state index contributed by atoms with van der Waals surface area (Å²) in [6, 6.07) is 9.60. The van der Waals surface area contributed by atoms with E-state index >= 15 is 0 Å². The summed E-state index contributed by atoms with van der Waals surface area (Å²) in [5.41, 5.74) is 9.65. The highest BCUT2D eigenvalue weighted by atomic mass is 32.1. The van der Waals surface area contributed by atoms with Crippen molar-refractivity contribution >= 4 is 83.5 Å². The number of para-hydroxylation sites is 1. The Morgan fingerprint density at radius 2 is 1.25 bits per heavy atom. The van der Waals surface area contributed by atoms with Crippen LogP contribution in [0.3, 0.4) is 0 Å². The lowest BCUT2D eigenvalue weighted by Crippen LogP contribution is -2.64. The number of fused-ring (bicyclic) bond motifs is 2. The van der Waals surface area contributed by atoms with Crippen molar-refractivity contribution in [2.75, 3.05) is 12.3 Å². The fraction of sp³-hybridized carbons (Fsp3) is 0.462. The third-order valence-electron chi connectivity index (χ3n) is 12.9. The number of aliphatic hydroxyl groups is 2. The van der Waals surface area contributed by atoms with Crippen LogP contribution >= 0.6 is 25.3 Å². The third kappa shape index (κ3) is 16.9. The van der Waals surface area contributed by atoms with E-state index in [9.17, 15) is 58.8 Å². The zero-order valence-corrected chi connectivity index (χ0v) is 44.5. The summed E-state index contributed by atoms with van der Waals surface area (Å²) in [5, 5.41) is 62.4. The fourth-order valence-electron chi connectivity index (χ4n) is 8.57.